The Balaban J connectivity index is 1.90. The molecule has 0 aromatic heterocycles. The first-order valence-corrected chi connectivity index (χ1v) is 6.81. The monoisotopic (exact) mass is 293 g/mol. The molecular formula is C15H19NO5. The van der Waals surface area contributed by atoms with Crippen LogP contribution in [0.25, 0.3) is 0 Å². The van der Waals surface area contributed by atoms with Crippen molar-refractivity contribution in [2.75, 3.05) is 20.2 Å². The standard InChI is InChI=1S/C15H19NO5/c1-20-14(18)12-7-13(17)9-16(8-12)15(19)21-10-11-5-3-2-4-6-11/h2-6,12-13,17H,7-10H2,1H3/t12-,13-/m0/s1. The predicted octanol–water partition coefficient (Wildman–Crippen LogP) is 1.18. The van der Waals surface area contributed by atoms with Gasteiger partial charge in [0.2, 0.25) is 0 Å². The van der Waals surface area contributed by atoms with E-state index >= 15 is 0 Å². The van der Waals surface area contributed by atoms with Crippen LogP contribution >= 0.6 is 0 Å². The van der Waals surface area contributed by atoms with E-state index in [0.29, 0.717) is 6.42 Å². The summed E-state index contributed by atoms with van der Waals surface area (Å²) in [6.07, 6.45) is -0.978. The summed E-state index contributed by atoms with van der Waals surface area (Å²) >= 11 is 0. The fraction of sp³-hybridized carbons (Fsp3) is 0.467. The van der Waals surface area contributed by atoms with Gasteiger partial charge in [0, 0.05) is 13.1 Å². The summed E-state index contributed by atoms with van der Waals surface area (Å²) in [4.78, 5) is 24.9. The van der Waals surface area contributed by atoms with Gasteiger partial charge < -0.3 is 19.5 Å². The molecule has 2 rings (SSSR count). The van der Waals surface area contributed by atoms with Crippen molar-refractivity contribution in [3.05, 3.63) is 35.9 Å². The van der Waals surface area contributed by atoms with Crippen LogP contribution in [0.3, 0.4) is 0 Å². The summed E-state index contributed by atoms with van der Waals surface area (Å²) in [7, 11) is 1.29. The maximum Gasteiger partial charge on any atom is 0.410 e. The lowest BCUT2D eigenvalue weighted by atomic mass is 9.96. The van der Waals surface area contributed by atoms with E-state index < -0.39 is 24.1 Å². The molecule has 1 aromatic carbocycles. The van der Waals surface area contributed by atoms with Crippen LogP contribution in [0.2, 0.25) is 0 Å². The first-order chi connectivity index (χ1) is 10.1. The molecule has 1 aromatic rings. The summed E-state index contributed by atoms with van der Waals surface area (Å²) in [6.45, 7) is 0.535. The molecule has 114 valence electrons. The first kappa shape index (κ1) is 15.3. The summed E-state index contributed by atoms with van der Waals surface area (Å²) in [5, 5.41) is 9.77. The van der Waals surface area contributed by atoms with Crippen LogP contribution in [0.5, 0.6) is 0 Å². The molecule has 1 N–H and O–H groups in total. The van der Waals surface area contributed by atoms with E-state index in [1.54, 1.807) is 0 Å². The molecule has 0 spiro atoms. The zero-order valence-corrected chi connectivity index (χ0v) is 11.9. The minimum absolute atomic E-state index is 0.162. The number of carbonyl (C=O) groups excluding carboxylic acids is 2. The molecule has 1 aliphatic heterocycles. The van der Waals surface area contributed by atoms with Crippen LogP contribution < -0.4 is 0 Å². The van der Waals surface area contributed by atoms with Crippen LogP contribution in [0.1, 0.15) is 12.0 Å². The van der Waals surface area contributed by atoms with Crippen LogP contribution in [-0.4, -0.2) is 48.4 Å². The molecule has 1 fully saturated rings. The molecule has 6 nitrogen and oxygen atoms in total. The number of aliphatic hydroxyl groups excluding tert-OH is 1. The molecule has 0 saturated carbocycles. The third kappa shape index (κ3) is 4.19. The van der Waals surface area contributed by atoms with Crippen molar-refractivity contribution in [1.29, 1.82) is 0 Å². The highest BCUT2D eigenvalue weighted by Crippen LogP contribution is 2.19. The quantitative estimate of drug-likeness (QED) is 0.847. The first-order valence-electron chi connectivity index (χ1n) is 6.81. The number of nitrogens with zero attached hydrogens (tertiary/aromatic N) is 1. The Hall–Kier alpha value is -2.08. The van der Waals surface area contributed by atoms with Crippen LogP contribution in [0.4, 0.5) is 4.79 Å². The maximum atomic E-state index is 12.0. The largest absolute Gasteiger partial charge is 0.469 e. The van der Waals surface area contributed by atoms with Crippen LogP contribution in [0.15, 0.2) is 30.3 Å². The number of piperidine rings is 1. The molecule has 1 aliphatic rings. The van der Waals surface area contributed by atoms with Gasteiger partial charge in [-0.15, -0.1) is 0 Å². The van der Waals surface area contributed by atoms with Gasteiger partial charge in [-0.05, 0) is 12.0 Å². The number of hydrogen-bond donors (Lipinski definition) is 1. The number of amides is 1. The van der Waals surface area contributed by atoms with Gasteiger partial charge in [-0.1, -0.05) is 30.3 Å². The number of esters is 1. The van der Waals surface area contributed by atoms with Crippen molar-refractivity contribution in [1.82, 2.24) is 4.90 Å². The summed E-state index contributed by atoms with van der Waals surface area (Å²) in [5.41, 5.74) is 0.882. The molecule has 1 heterocycles. The lowest BCUT2D eigenvalue weighted by Crippen LogP contribution is -2.48. The molecular weight excluding hydrogens is 274 g/mol. The van der Waals surface area contributed by atoms with Crippen molar-refractivity contribution in [2.24, 2.45) is 5.92 Å². The number of ether oxygens (including phenoxy) is 2. The van der Waals surface area contributed by atoms with Gasteiger partial charge in [-0.2, -0.15) is 0 Å². The van der Waals surface area contributed by atoms with Gasteiger partial charge in [0.05, 0.1) is 19.1 Å². The number of rotatable bonds is 3. The average Bonchev–Trinajstić information content (AvgIpc) is 2.52. The zero-order valence-electron chi connectivity index (χ0n) is 11.9. The Bertz CT molecular complexity index is 490. The number of benzene rings is 1. The molecule has 2 atom stereocenters. The van der Waals surface area contributed by atoms with Gasteiger partial charge >= 0.3 is 12.1 Å². The van der Waals surface area contributed by atoms with E-state index in [1.165, 1.54) is 12.0 Å². The normalized spacial score (nSPS) is 21.7. The number of carbonyl (C=O) groups is 2. The fourth-order valence-corrected chi connectivity index (χ4v) is 2.37. The van der Waals surface area contributed by atoms with E-state index in [1.807, 2.05) is 30.3 Å². The third-order valence-corrected chi connectivity index (χ3v) is 3.43. The van der Waals surface area contributed by atoms with E-state index in [9.17, 15) is 14.7 Å². The molecule has 1 saturated heterocycles. The van der Waals surface area contributed by atoms with Gasteiger partial charge in [0.15, 0.2) is 0 Å². The van der Waals surface area contributed by atoms with Crippen LogP contribution in [-0.2, 0) is 20.9 Å². The van der Waals surface area contributed by atoms with Crippen molar-refractivity contribution in [3.8, 4) is 0 Å². The molecule has 0 bridgehead atoms. The van der Waals surface area contributed by atoms with E-state index in [0.717, 1.165) is 5.56 Å². The predicted molar refractivity (Wildman–Crippen MR) is 74.3 cm³/mol. The molecule has 6 heteroatoms. The number of β-amino-alcohol motifs (C(OH)–C–C–N with tert-alkyl or cyclic N) is 1. The Kier molecular flexibility index (Phi) is 5.16. The van der Waals surface area contributed by atoms with E-state index in [-0.39, 0.29) is 19.7 Å². The molecule has 0 aliphatic carbocycles. The smallest absolute Gasteiger partial charge is 0.410 e. The Labute approximate surface area is 123 Å². The third-order valence-electron chi connectivity index (χ3n) is 3.43. The second-order valence-corrected chi connectivity index (χ2v) is 5.05. The number of hydrogen-bond acceptors (Lipinski definition) is 5. The second-order valence-electron chi connectivity index (χ2n) is 5.05. The second kappa shape index (κ2) is 7.08. The lowest BCUT2D eigenvalue weighted by Gasteiger charge is -2.33. The summed E-state index contributed by atoms with van der Waals surface area (Å²) in [5.74, 6) is -0.933. The maximum absolute atomic E-state index is 12.0. The van der Waals surface area contributed by atoms with Gasteiger partial charge in [-0.3, -0.25) is 4.79 Å². The zero-order chi connectivity index (χ0) is 15.2. The average molecular weight is 293 g/mol. The van der Waals surface area contributed by atoms with Crippen molar-refractivity contribution >= 4 is 12.1 Å². The minimum Gasteiger partial charge on any atom is -0.469 e. The SMILES string of the molecule is COC(=O)[C@H]1C[C@H](O)CN(C(=O)OCc2ccccc2)C1. The highest BCUT2D eigenvalue weighted by molar-refractivity contribution is 5.74. The molecule has 21 heavy (non-hydrogen) atoms. The van der Waals surface area contributed by atoms with E-state index in [2.05, 4.69) is 4.74 Å². The summed E-state index contributed by atoms with van der Waals surface area (Å²) in [6, 6.07) is 9.32. The Morgan fingerprint density at radius 1 is 1.29 bits per heavy atom. The lowest BCUT2D eigenvalue weighted by molar-refractivity contribution is -0.148. The highest BCUT2D eigenvalue weighted by atomic mass is 16.6. The van der Waals surface area contributed by atoms with Crippen molar-refractivity contribution in [2.45, 2.75) is 19.1 Å². The number of methoxy groups -OCH3 is 1. The van der Waals surface area contributed by atoms with Crippen molar-refractivity contribution in [3.63, 3.8) is 0 Å². The Morgan fingerprint density at radius 2 is 2.00 bits per heavy atom. The topological polar surface area (TPSA) is 76.1 Å². The Morgan fingerprint density at radius 3 is 2.67 bits per heavy atom. The molecule has 0 unspecified atom stereocenters. The molecule has 0 radical (unpaired) electrons. The van der Waals surface area contributed by atoms with Gasteiger partial charge in [-0.25, -0.2) is 4.79 Å². The van der Waals surface area contributed by atoms with Gasteiger partial charge in [0.25, 0.3) is 0 Å². The van der Waals surface area contributed by atoms with Crippen molar-refractivity contribution < 1.29 is 24.2 Å². The van der Waals surface area contributed by atoms with E-state index in [4.69, 9.17) is 4.74 Å². The molecule has 1 amide bonds. The number of likely N-dealkylation sites (tertiary alicyclic amines) is 1. The fourth-order valence-electron chi connectivity index (χ4n) is 2.37. The number of aliphatic hydroxyl groups is 1. The highest BCUT2D eigenvalue weighted by Gasteiger charge is 2.34. The van der Waals surface area contributed by atoms with Gasteiger partial charge in [0.1, 0.15) is 6.61 Å². The minimum atomic E-state index is -0.743. The summed E-state index contributed by atoms with van der Waals surface area (Å²) < 4.78 is 9.87. The van der Waals surface area contributed by atoms with Crippen LogP contribution in [0, 0.1) is 5.92 Å².